The second kappa shape index (κ2) is 8.16. The molecule has 3 aromatic rings. The summed E-state index contributed by atoms with van der Waals surface area (Å²) in [7, 11) is 0. The Hall–Kier alpha value is -1.96. The van der Waals surface area contributed by atoms with Crippen LogP contribution >= 0.6 is 38.9 Å². The molecule has 0 aliphatic heterocycles. The van der Waals surface area contributed by atoms with Gasteiger partial charge in [0.25, 0.3) is 5.91 Å². The van der Waals surface area contributed by atoms with Gasteiger partial charge in [-0.05, 0) is 49.4 Å². The summed E-state index contributed by atoms with van der Waals surface area (Å²) >= 11 is 10.2. The van der Waals surface area contributed by atoms with E-state index in [0.717, 1.165) is 0 Å². The van der Waals surface area contributed by atoms with Gasteiger partial charge in [-0.2, -0.15) is 0 Å². The molecule has 2 aromatic carbocycles. The van der Waals surface area contributed by atoms with Crippen molar-refractivity contribution < 1.29 is 13.9 Å². The minimum Gasteiger partial charge on any atom is -0.486 e. The largest absolute Gasteiger partial charge is 0.486 e. The van der Waals surface area contributed by atoms with Gasteiger partial charge in [-0.3, -0.25) is 4.79 Å². The van der Waals surface area contributed by atoms with Crippen LogP contribution in [-0.2, 0) is 6.61 Å². The van der Waals surface area contributed by atoms with Gasteiger partial charge in [-0.15, -0.1) is 11.3 Å². The van der Waals surface area contributed by atoms with Crippen LogP contribution < -0.4 is 10.1 Å². The van der Waals surface area contributed by atoms with Crippen LogP contribution in [-0.4, -0.2) is 10.9 Å². The van der Waals surface area contributed by atoms with E-state index in [1.807, 2.05) is 0 Å². The molecule has 8 heteroatoms. The number of benzene rings is 2. The lowest BCUT2D eigenvalue weighted by molar-refractivity contribution is 0.102. The highest BCUT2D eigenvalue weighted by molar-refractivity contribution is 9.10. The number of hydrogen-bond donors (Lipinski definition) is 1. The molecule has 0 spiro atoms. The number of carbonyl (C=O) groups excluding carboxylic acids is 1. The predicted octanol–water partition coefficient (Wildman–Crippen LogP) is 5.84. The number of nitrogens with zero attached hydrogens (tertiary/aromatic N) is 1. The van der Waals surface area contributed by atoms with E-state index in [-0.39, 0.29) is 12.3 Å². The van der Waals surface area contributed by atoms with Crippen molar-refractivity contribution in [1.29, 1.82) is 0 Å². The average molecular weight is 456 g/mol. The SMILES string of the molecule is Cc1nc(COc2ccc(Cl)cc2)sc1C(=O)Nc1ccc(Br)cc1F. The standard InChI is InChI=1S/C18H13BrClFN2O2S/c1-10-17(18(24)23-15-7-2-11(19)8-14(15)21)26-16(22-10)9-25-13-5-3-12(20)4-6-13/h2-8H,9H2,1H3,(H,23,24). The summed E-state index contributed by atoms with van der Waals surface area (Å²) in [5.74, 6) is -0.259. The minimum absolute atomic E-state index is 0.116. The molecule has 0 unspecified atom stereocenters. The van der Waals surface area contributed by atoms with Gasteiger partial charge in [-0.25, -0.2) is 9.37 Å². The lowest BCUT2D eigenvalue weighted by atomic mass is 10.3. The summed E-state index contributed by atoms with van der Waals surface area (Å²) in [4.78, 5) is 17.2. The van der Waals surface area contributed by atoms with Gasteiger partial charge in [0.15, 0.2) is 0 Å². The van der Waals surface area contributed by atoms with Crippen LogP contribution in [0.3, 0.4) is 0 Å². The third kappa shape index (κ3) is 4.60. The van der Waals surface area contributed by atoms with Crippen molar-refractivity contribution in [3.63, 3.8) is 0 Å². The summed E-state index contributed by atoms with van der Waals surface area (Å²) < 4.78 is 20.1. The summed E-state index contributed by atoms with van der Waals surface area (Å²) in [5.41, 5.74) is 0.685. The highest BCUT2D eigenvalue weighted by Gasteiger charge is 2.17. The van der Waals surface area contributed by atoms with E-state index in [2.05, 4.69) is 26.2 Å². The van der Waals surface area contributed by atoms with Crippen LogP contribution in [0.25, 0.3) is 0 Å². The molecule has 0 fully saturated rings. The van der Waals surface area contributed by atoms with Gasteiger partial charge in [0, 0.05) is 9.50 Å². The third-order valence-electron chi connectivity index (χ3n) is 3.40. The highest BCUT2D eigenvalue weighted by Crippen LogP contribution is 2.24. The first-order chi connectivity index (χ1) is 12.4. The van der Waals surface area contributed by atoms with E-state index in [1.54, 1.807) is 37.3 Å². The number of rotatable bonds is 5. The molecule has 0 saturated carbocycles. The lowest BCUT2D eigenvalue weighted by Gasteiger charge is -2.05. The molecule has 0 atom stereocenters. The number of halogens is 3. The van der Waals surface area contributed by atoms with Crippen molar-refractivity contribution in [2.75, 3.05) is 5.32 Å². The van der Waals surface area contributed by atoms with E-state index < -0.39 is 11.7 Å². The molecule has 1 amide bonds. The van der Waals surface area contributed by atoms with E-state index in [0.29, 0.717) is 30.8 Å². The van der Waals surface area contributed by atoms with Crippen molar-refractivity contribution >= 4 is 50.5 Å². The molecule has 0 bridgehead atoms. The molecule has 1 N–H and O–H groups in total. The quantitative estimate of drug-likeness (QED) is 0.526. The molecule has 134 valence electrons. The third-order valence-corrected chi connectivity index (χ3v) is 5.28. The van der Waals surface area contributed by atoms with Crippen molar-refractivity contribution in [2.45, 2.75) is 13.5 Å². The minimum atomic E-state index is -0.513. The Kier molecular flexibility index (Phi) is 5.90. The van der Waals surface area contributed by atoms with Crippen LogP contribution in [0.15, 0.2) is 46.9 Å². The number of aromatic nitrogens is 1. The number of hydrogen-bond acceptors (Lipinski definition) is 4. The van der Waals surface area contributed by atoms with Gasteiger partial charge in [-0.1, -0.05) is 27.5 Å². The number of amides is 1. The number of carbonyl (C=O) groups is 1. The Balaban J connectivity index is 1.68. The number of aryl methyl sites for hydroxylation is 1. The molecule has 1 aromatic heterocycles. The highest BCUT2D eigenvalue weighted by atomic mass is 79.9. The van der Waals surface area contributed by atoms with Gasteiger partial charge < -0.3 is 10.1 Å². The Morgan fingerprint density at radius 3 is 2.73 bits per heavy atom. The maximum atomic E-state index is 13.9. The van der Waals surface area contributed by atoms with Crippen molar-refractivity contribution in [3.8, 4) is 5.75 Å². The lowest BCUT2D eigenvalue weighted by Crippen LogP contribution is -2.12. The van der Waals surface area contributed by atoms with E-state index in [9.17, 15) is 9.18 Å². The zero-order valence-electron chi connectivity index (χ0n) is 13.6. The summed E-state index contributed by atoms with van der Waals surface area (Å²) in [6, 6.07) is 11.4. The van der Waals surface area contributed by atoms with Crippen LogP contribution in [0, 0.1) is 12.7 Å². The first-order valence-electron chi connectivity index (χ1n) is 7.53. The van der Waals surface area contributed by atoms with Gasteiger partial charge in [0.2, 0.25) is 0 Å². The number of thiazole rings is 1. The topological polar surface area (TPSA) is 51.2 Å². The zero-order valence-corrected chi connectivity index (χ0v) is 16.7. The van der Waals surface area contributed by atoms with E-state index in [1.165, 1.54) is 23.5 Å². The molecule has 26 heavy (non-hydrogen) atoms. The second-order valence-corrected chi connectivity index (χ2v) is 7.78. The molecule has 0 saturated heterocycles. The number of nitrogens with one attached hydrogen (secondary N) is 1. The van der Waals surface area contributed by atoms with E-state index >= 15 is 0 Å². The summed E-state index contributed by atoms with van der Waals surface area (Å²) in [6.07, 6.45) is 0. The van der Waals surface area contributed by atoms with Gasteiger partial charge in [0.05, 0.1) is 11.4 Å². The van der Waals surface area contributed by atoms with Crippen LogP contribution in [0.4, 0.5) is 10.1 Å². The number of ether oxygens (including phenoxy) is 1. The number of anilines is 1. The Morgan fingerprint density at radius 1 is 1.31 bits per heavy atom. The molecular formula is C18H13BrClFN2O2S. The molecule has 0 aliphatic carbocycles. The maximum absolute atomic E-state index is 13.9. The van der Waals surface area contributed by atoms with Crippen LogP contribution in [0.5, 0.6) is 5.75 Å². The van der Waals surface area contributed by atoms with Crippen molar-refractivity contribution in [3.05, 3.63) is 73.4 Å². The normalized spacial score (nSPS) is 10.6. The fourth-order valence-electron chi connectivity index (χ4n) is 2.17. The average Bonchev–Trinajstić information content (AvgIpc) is 2.98. The Labute approximate surface area is 167 Å². The zero-order chi connectivity index (χ0) is 18.7. The molecule has 1 heterocycles. The smallest absolute Gasteiger partial charge is 0.267 e. The van der Waals surface area contributed by atoms with Crippen LogP contribution in [0.2, 0.25) is 5.02 Å². The van der Waals surface area contributed by atoms with Gasteiger partial charge >= 0.3 is 0 Å². The van der Waals surface area contributed by atoms with Crippen LogP contribution in [0.1, 0.15) is 20.4 Å². The fourth-order valence-corrected chi connectivity index (χ4v) is 3.50. The van der Waals surface area contributed by atoms with E-state index in [4.69, 9.17) is 16.3 Å². The molecule has 3 rings (SSSR count). The molecular weight excluding hydrogens is 443 g/mol. The predicted molar refractivity (Wildman–Crippen MR) is 105 cm³/mol. The van der Waals surface area contributed by atoms with Crippen molar-refractivity contribution in [1.82, 2.24) is 4.98 Å². The maximum Gasteiger partial charge on any atom is 0.267 e. The fraction of sp³-hybridized carbons (Fsp3) is 0.111. The Bertz CT molecular complexity index is 947. The first kappa shape index (κ1) is 18.8. The molecule has 4 nitrogen and oxygen atoms in total. The van der Waals surface area contributed by atoms with Crippen molar-refractivity contribution in [2.24, 2.45) is 0 Å². The molecule has 0 radical (unpaired) electrons. The Morgan fingerprint density at radius 2 is 2.04 bits per heavy atom. The summed E-state index contributed by atoms with van der Waals surface area (Å²) in [6.45, 7) is 1.96. The van der Waals surface area contributed by atoms with Gasteiger partial charge in [0.1, 0.15) is 28.1 Å². The molecule has 0 aliphatic rings. The second-order valence-electron chi connectivity index (χ2n) is 5.34. The summed E-state index contributed by atoms with van der Waals surface area (Å²) in [5, 5.41) is 3.85. The monoisotopic (exact) mass is 454 g/mol. The first-order valence-corrected chi connectivity index (χ1v) is 9.52.